The fourth-order valence-corrected chi connectivity index (χ4v) is 2.54. The number of amides is 2. The highest BCUT2D eigenvalue weighted by Crippen LogP contribution is 2.27. The summed E-state index contributed by atoms with van der Waals surface area (Å²) in [6, 6.07) is 5.07. The number of primary amides is 1. The van der Waals surface area contributed by atoms with Gasteiger partial charge in [0.2, 0.25) is 5.91 Å². The lowest BCUT2D eigenvalue weighted by Gasteiger charge is -2.20. The predicted octanol–water partition coefficient (Wildman–Crippen LogP) is 2.68. The number of furan rings is 1. The normalized spacial score (nSPS) is 13.8. The Morgan fingerprint density at radius 3 is 2.55 bits per heavy atom. The molecular formula is C17H22N2O3. The van der Waals surface area contributed by atoms with Crippen molar-refractivity contribution in [3.8, 4) is 0 Å². The Labute approximate surface area is 129 Å². The second kappa shape index (κ2) is 6.22. The summed E-state index contributed by atoms with van der Waals surface area (Å²) in [6.07, 6.45) is 0.742. The van der Waals surface area contributed by atoms with Gasteiger partial charge >= 0.3 is 0 Å². The zero-order chi connectivity index (χ0) is 16.4. The van der Waals surface area contributed by atoms with Crippen LogP contribution in [0, 0.1) is 19.8 Å². The lowest BCUT2D eigenvalue weighted by molar-refractivity contribution is -0.120. The average molecular weight is 302 g/mol. The molecule has 0 aliphatic carbocycles. The number of aryl methyl sites for hydroxylation is 2. The number of nitrogens with two attached hydrogens (primary N) is 1. The van der Waals surface area contributed by atoms with Crippen LogP contribution in [0.5, 0.6) is 0 Å². The van der Waals surface area contributed by atoms with Gasteiger partial charge in [-0.3, -0.25) is 9.59 Å². The smallest absolute Gasteiger partial charge is 0.287 e. The first kappa shape index (κ1) is 16.1. The third-order valence-corrected chi connectivity index (χ3v) is 4.17. The molecule has 0 fully saturated rings. The summed E-state index contributed by atoms with van der Waals surface area (Å²) < 4.78 is 5.72. The van der Waals surface area contributed by atoms with E-state index in [4.69, 9.17) is 10.2 Å². The standard InChI is InChI=1S/C17H22N2O3/c1-5-9(2)13(16(18)20)19-17(21)15-11(4)12-8-6-7-10(3)14(12)22-15/h6-9,13H,5H2,1-4H3,(H2,18,20)(H,19,21). The first-order chi connectivity index (χ1) is 10.4. The van der Waals surface area contributed by atoms with Crippen molar-refractivity contribution in [2.45, 2.75) is 40.2 Å². The predicted molar refractivity (Wildman–Crippen MR) is 85.6 cm³/mol. The van der Waals surface area contributed by atoms with Crippen LogP contribution in [-0.4, -0.2) is 17.9 Å². The van der Waals surface area contributed by atoms with Crippen molar-refractivity contribution >= 4 is 22.8 Å². The molecular weight excluding hydrogens is 280 g/mol. The van der Waals surface area contributed by atoms with Crippen LogP contribution >= 0.6 is 0 Å². The van der Waals surface area contributed by atoms with Crippen LogP contribution in [-0.2, 0) is 4.79 Å². The lowest BCUT2D eigenvalue weighted by Crippen LogP contribution is -2.48. The van der Waals surface area contributed by atoms with Crippen molar-refractivity contribution in [1.82, 2.24) is 5.32 Å². The van der Waals surface area contributed by atoms with E-state index in [1.54, 1.807) is 0 Å². The Hall–Kier alpha value is -2.30. The molecule has 0 aliphatic rings. The Balaban J connectivity index is 2.35. The number of hydrogen-bond acceptors (Lipinski definition) is 3. The van der Waals surface area contributed by atoms with Gasteiger partial charge in [0.1, 0.15) is 11.6 Å². The summed E-state index contributed by atoms with van der Waals surface area (Å²) in [5, 5.41) is 3.60. The van der Waals surface area contributed by atoms with Gasteiger partial charge in [-0.25, -0.2) is 0 Å². The molecule has 0 spiro atoms. The van der Waals surface area contributed by atoms with Gasteiger partial charge in [-0.1, -0.05) is 38.5 Å². The van der Waals surface area contributed by atoms with Crippen molar-refractivity contribution in [3.63, 3.8) is 0 Å². The topological polar surface area (TPSA) is 85.3 Å². The minimum atomic E-state index is -0.703. The van der Waals surface area contributed by atoms with Gasteiger partial charge in [0.15, 0.2) is 5.76 Å². The zero-order valence-electron chi connectivity index (χ0n) is 13.4. The molecule has 2 unspecified atom stereocenters. The largest absolute Gasteiger partial charge is 0.450 e. The van der Waals surface area contributed by atoms with E-state index in [-0.39, 0.29) is 11.7 Å². The molecule has 2 rings (SSSR count). The molecule has 0 aliphatic heterocycles. The molecule has 5 nitrogen and oxygen atoms in total. The molecule has 1 heterocycles. The van der Waals surface area contributed by atoms with Crippen LogP contribution in [0.25, 0.3) is 11.0 Å². The highest BCUT2D eigenvalue weighted by atomic mass is 16.3. The van der Waals surface area contributed by atoms with Crippen molar-refractivity contribution in [2.75, 3.05) is 0 Å². The molecule has 2 aromatic rings. The second-order valence-corrected chi connectivity index (χ2v) is 5.75. The minimum absolute atomic E-state index is 0.0344. The number of benzene rings is 1. The minimum Gasteiger partial charge on any atom is -0.450 e. The maximum Gasteiger partial charge on any atom is 0.287 e. The summed E-state index contributed by atoms with van der Waals surface area (Å²) in [6.45, 7) is 7.59. The van der Waals surface area contributed by atoms with Gasteiger partial charge in [-0.15, -0.1) is 0 Å². The highest BCUT2D eigenvalue weighted by molar-refractivity contribution is 6.01. The van der Waals surface area contributed by atoms with Gasteiger partial charge < -0.3 is 15.5 Å². The van der Waals surface area contributed by atoms with E-state index in [2.05, 4.69) is 5.32 Å². The molecule has 3 N–H and O–H groups in total. The Morgan fingerprint density at radius 1 is 1.32 bits per heavy atom. The molecule has 1 aromatic heterocycles. The molecule has 118 valence electrons. The van der Waals surface area contributed by atoms with E-state index >= 15 is 0 Å². The number of hydrogen-bond donors (Lipinski definition) is 2. The van der Waals surface area contributed by atoms with Gasteiger partial charge in [-0.05, 0) is 25.3 Å². The number of carbonyl (C=O) groups is 2. The van der Waals surface area contributed by atoms with Crippen molar-refractivity contribution in [2.24, 2.45) is 11.7 Å². The molecule has 2 atom stereocenters. The number of nitrogens with one attached hydrogen (secondary N) is 1. The van der Waals surface area contributed by atoms with Crippen molar-refractivity contribution < 1.29 is 14.0 Å². The fourth-order valence-electron chi connectivity index (χ4n) is 2.54. The molecule has 22 heavy (non-hydrogen) atoms. The van der Waals surface area contributed by atoms with Crippen LogP contribution in [0.4, 0.5) is 0 Å². The average Bonchev–Trinajstić information content (AvgIpc) is 2.82. The van der Waals surface area contributed by atoms with Gasteiger partial charge in [-0.2, -0.15) is 0 Å². The Morgan fingerprint density at radius 2 is 2.00 bits per heavy atom. The summed E-state index contributed by atoms with van der Waals surface area (Å²) >= 11 is 0. The molecule has 0 saturated carbocycles. The molecule has 0 radical (unpaired) electrons. The van der Waals surface area contributed by atoms with Crippen molar-refractivity contribution in [1.29, 1.82) is 0 Å². The molecule has 5 heteroatoms. The number of rotatable bonds is 5. The van der Waals surface area contributed by atoms with Gasteiger partial charge in [0.25, 0.3) is 5.91 Å². The van der Waals surface area contributed by atoms with Crippen molar-refractivity contribution in [3.05, 3.63) is 35.1 Å². The van der Waals surface area contributed by atoms with Crippen LogP contribution in [0.15, 0.2) is 22.6 Å². The maximum absolute atomic E-state index is 12.5. The Bertz CT molecular complexity index is 718. The van der Waals surface area contributed by atoms with E-state index in [0.29, 0.717) is 5.58 Å². The lowest BCUT2D eigenvalue weighted by atomic mass is 9.98. The summed E-state index contributed by atoms with van der Waals surface area (Å²) in [4.78, 5) is 24.0. The molecule has 1 aromatic carbocycles. The molecule has 0 bridgehead atoms. The van der Waals surface area contributed by atoms with Crippen LogP contribution in [0.3, 0.4) is 0 Å². The second-order valence-electron chi connectivity index (χ2n) is 5.75. The number of para-hydroxylation sites is 1. The van der Waals surface area contributed by atoms with E-state index in [1.165, 1.54) is 0 Å². The quantitative estimate of drug-likeness (QED) is 0.890. The van der Waals surface area contributed by atoms with Crippen LogP contribution in [0.1, 0.15) is 41.9 Å². The van der Waals surface area contributed by atoms with Gasteiger partial charge in [0, 0.05) is 10.9 Å². The first-order valence-corrected chi connectivity index (χ1v) is 7.45. The first-order valence-electron chi connectivity index (χ1n) is 7.45. The van der Waals surface area contributed by atoms with Gasteiger partial charge in [0.05, 0.1) is 0 Å². The monoisotopic (exact) mass is 302 g/mol. The van der Waals surface area contributed by atoms with E-state index in [1.807, 2.05) is 45.9 Å². The number of carbonyl (C=O) groups excluding carboxylic acids is 2. The fraction of sp³-hybridized carbons (Fsp3) is 0.412. The van der Waals surface area contributed by atoms with E-state index in [9.17, 15) is 9.59 Å². The zero-order valence-corrected chi connectivity index (χ0v) is 13.4. The van der Waals surface area contributed by atoms with Crippen LogP contribution in [0.2, 0.25) is 0 Å². The SMILES string of the molecule is CCC(C)C(NC(=O)c1oc2c(C)cccc2c1C)C(N)=O. The summed E-state index contributed by atoms with van der Waals surface area (Å²) in [5.74, 6) is -0.739. The summed E-state index contributed by atoms with van der Waals surface area (Å²) in [5.41, 5.74) is 7.82. The Kier molecular flexibility index (Phi) is 4.54. The van der Waals surface area contributed by atoms with Crippen LogP contribution < -0.4 is 11.1 Å². The van der Waals surface area contributed by atoms with E-state index < -0.39 is 17.9 Å². The molecule has 2 amide bonds. The molecule has 0 saturated heterocycles. The number of fused-ring (bicyclic) bond motifs is 1. The third-order valence-electron chi connectivity index (χ3n) is 4.17. The maximum atomic E-state index is 12.5. The van der Waals surface area contributed by atoms with E-state index in [0.717, 1.165) is 22.9 Å². The third kappa shape index (κ3) is 2.84. The highest BCUT2D eigenvalue weighted by Gasteiger charge is 2.27. The summed E-state index contributed by atoms with van der Waals surface area (Å²) in [7, 11) is 0.